The molecular weight excluding hydrogens is 334 g/mol. The summed E-state index contributed by atoms with van der Waals surface area (Å²) in [6.45, 7) is 1.11. The van der Waals surface area contributed by atoms with Crippen molar-refractivity contribution in [2.75, 3.05) is 26.5 Å². The Morgan fingerprint density at radius 1 is 1.13 bits per heavy atom. The van der Waals surface area contributed by atoms with Gasteiger partial charge in [0.1, 0.15) is 5.75 Å². The van der Waals surface area contributed by atoms with Crippen LogP contribution in [-0.2, 0) is 16.4 Å². The van der Waals surface area contributed by atoms with E-state index in [2.05, 4.69) is 0 Å². The van der Waals surface area contributed by atoms with Crippen LogP contribution in [0.3, 0.4) is 0 Å². The molecule has 2 aromatic rings. The zero-order valence-corrected chi connectivity index (χ0v) is 14.8. The lowest BCUT2D eigenvalue weighted by Crippen LogP contribution is -2.25. The van der Waals surface area contributed by atoms with Crippen LogP contribution in [0.5, 0.6) is 5.75 Å². The van der Waals surface area contributed by atoms with Crippen molar-refractivity contribution in [1.29, 1.82) is 0 Å². The normalized spacial score (nSPS) is 11.7. The Hall–Kier alpha value is -1.56. The van der Waals surface area contributed by atoms with Crippen LogP contribution in [0, 0.1) is 0 Å². The van der Waals surface area contributed by atoms with E-state index in [1.165, 1.54) is 0 Å². The summed E-state index contributed by atoms with van der Waals surface area (Å²) >= 11 is 5.79. The van der Waals surface area contributed by atoms with Crippen molar-refractivity contribution in [3.05, 3.63) is 59.1 Å². The van der Waals surface area contributed by atoms with Crippen LogP contribution >= 0.6 is 11.6 Å². The van der Waals surface area contributed by atoms with Gasteiger partial charge in [-0.15, -0.1) is 0 Å². The quantitative estimate of drug-likeness (QED) is 0.766. The summed E-state index contributed by atoms with van der Waals surface area (Å²) in [5.41, 5.74) is 1.08. The highest BCUT2D eigenvalue weighted by atomic mass is 35.5. The van der Waals surface area contributed by atoms with E-state index in [-0.39, 0.29) is 5.75 Å². The maximum atomic E-state index is 12.3. The van der Waals surface area contributed by atoms with Crippen molar-refractivity contribution in [2.24, 2.45) is 0 Å². The molecule has 0 bridgehead atoms. The van der Waals surface area contributed by atoms with Crippen molar-refractivity contribution in [2.45, 2.75) is 11.4 Å². The lowest BCUT2D eigenvalue weighted by molar-refractivity contribution is 0.344. The Morgan fingerprint density at radius 3 is 2.48 bits per heavy atom. The van der Waals surface area contributed by atoms with Crippen molar-refractivity contribution in [1.82, 2.24) is 4.90 Å². The largest absolute Gasteiger partial charge is 0.497 e. The molecule has 2 aromatic carbocycles. The molecule has 0 aliphatic heterocycles. The zero-order chi connectivity index (χ0) is 16.9. The lowest BCUT2D eigenvalue weighted by atomic mass is 10.2. The number of benzene rings is 2. The van der Waals surface area contributed by atoms with E-state index in [9.17, 15) is 8.42 Å². The summed E-state index contributed by atoms with van der Waals surface area (Å²) < 4.78 is 29.8. The summed E-state index contributed by atoms with van der Waals surface area (Å²) in [6.07, 6.45) is 0. The molecule has 0 aromatic heterocycles. The maximum Gasteiger partial charge on any atom is 0.179 e. The molecule has 0 saturated carbocycles. The van der Waals surface area contributed by atoms with Crippen molar-refractivity contribution < 1.29 is 13.2 Å². The third-order valence-corrected chi connectivity index (χ3v) is 5.46. The smallest absolute Gasteiger partial charge is 0.179 e. The molecule has 23 heavy (non-hydrogen) atoms. The number of hydrogen-bond acceptors (Lipinski definition) is 4. The molecule has 0 spiro atoms. The molecule has 0 aliphatic rings. The fourth-order valence-corrected chi connectivity index (χ4v) is 3.66. The number of rotatable bonds is 7. The monoisotopic (exact) mass is 353 g/mol. The third kappa shape index (κ3) is 5.23. The van der Waals surface area contributed by atoms with E-state index < -0.39 is 9.84 Å². The van der Waals surface area contributed by atoms with Crippen LogP contribution in [-0.4, -0.2) is 39.8 Å². The summed E-state index contributed by atoms with van der Waals surface area (Å²) in [4.78, 5) is 2.28. The molecule has 0 amide bonds. The first-order valence-corrected chi connectivity index (χ1v) is 9.23. The Balaban J connectivity index is 1.95. The number of hydrogen-bond donors (Lipinski definition) is 0. The van der Waals surface area contributed by atoms with Gasteiger partial charge in [-0.1, -0.05) is 23.7 Å². The second kappa shape index (κ2) is 7.81. The van der Waals surface area contributed by atoms with Gasteiger partial charge in [-0.2, -0.15) is 0 Å². The van der Waals surface area contributed by atoms with Crippen LogP contribution in [0.4, 0.5) is 0 Å². The summed E-state index contributed by atoms with van der Waals surface area (Å²) in [5, 5.41) is 0.527. The number of nitrogens with zero attached hydrogens (tertiary/aromatic N) is 1. The molecule has 124 valence electrons. The molecule has 0 radical (unpaired) electrons. The molecule has 0 N–H and O–H groups in total. The van der Waals surface area contributed by atoms with Gasteiger partial charge in [-0.05, 0) is 49.0 Å². The molecule has 0 saturated heterocycles. The van der Waals surface area contributed by atoms with Gasteiger partial charge in [0.25, 0.3) is 0 Å². The molecule has 4 nitrogen and oxygen atoms in total. The van der Waals surface area contributed by atoms with E-state index in [0.29, 0.717) is 23.0 Å². The van der Waals surface area contributed by atoms with Crippen LogP contribution in [0.15, 0.2) is 53.4 Å². The third-order valence-electron chi connectivity index (χ3n) is 3.50. The van der Waals surface area contributed by atoms with Crippen LogP contribution < -0.4 is 4.74 Å². The fraction of sp³-hybridized carbons (Fsp3) is 0.294. The van der Waals surface area contributed by atoms with Gasteiger partial charge < -0.3 is 9.64 Å². The zero-order valence-electron chi connectivity index (χ0n) is 13.2. The number of ether oxygens (including phenoxy) is 1. The second-order valence-electron chi connectivity index (χ2n) is 5.36. The minimum atomic E-state index is -3.30. The Bertz CT molecular complexity index is 745. The van der Waals surface area contributed by atoms with Crippen LogP contribution in [0.1, 0.15) is 5.56 Å². The molecule has 0 heterocycles. The first kappa shape index (κ1) is 17.8. The number of halogens is 1. The van der Waals surface area contributed by atoms with Gasteiger partial charge >= 0.3 is 0 Å². The summed E-state index contributed by atoms with van der Waals surface area (Å²) in [6, 6.07) is 14.0. The van der Waals surface area contributed by atoms with Gasteiger partial charge in [-0.3, -0.25) is 0 Å². The predicted molar refractivity (Wildman–Crippen MR) is 92.8 cm³/mol. The first-order chi connectivity index (χ1) is 10.9. The van der Waals surface area contributed by atoms with Crippen molar-refractivity contribution >= 4 is 21.4 Å². The average molecular weight is 354 g/mol. The molecule has 2 rings (SSSR count). The van der Waals surface area contributed by atoms with Gasteiger partial charge in [0.15, 0.2) is 9.84 Å². The fourth-order valence-electron chi connectivity index (χ4n) is 2.20. The van der Waals surface area contributed by atoms with E-state index in [1.807, 2.05) is 36.2 Å². The maximum absolute atomic E-state index is 12.3. The van der Waals surface area contributed by atoms with E-state index in [1.54, 1.807) is 31.4 Å². The highest BCUT2D eigenvalue weighted by Gasteiger charge is 2.15. The predicted octanol–water partition coefficient (Wildman–Crippen LogP) is 3.25. The average Bonchev–Trinajstić information content (AvgIpc) is 2.54. The van der Waals surface area contributed by atoms with E-state index in [4.69, 9.17) is 16.3 Å². The standard InChI is InChI=1S/C17H20ClNO3S/c1-19(13-14-4-3-5-16(12-14)22-2)10-11-23(20,21)17-8-6-15(18)7-9-17/h3-9,12H,10-11,13H2,1-2H3. The van der Waals surface area contributed by atoms with Gasteiger partial charge in [0.05, 0.1) is 17.8 Å². The summed E-state index contributed by atoms with van der Waals surface area (Å²) in [7, 11) is 0.224. The highest BCUT2D eigenvalue weighted by molar-refractivity contribution is 7.91. The SMILES string of the molecule is COc1cccc(CN(C)CCS(=O)(=O)c2ccc(Cl)cc2)c1. The lowest BCUT2D eigenvalue weighted by Gasteiger charge is -2.17. The van der Waals surface area contributed by atoms with E-state index in [0.717, 1.165) is 11.3 Å². The van der Waals surface area contributed by atoms with Crippen LogP contribution in [0.25, 0.3) is 0 Å². The molecule has 6 heteroatoms. The van der Waals surface area contributed by atoms with E-state index >= 15 is 0 Å². The topological polar surface area (TPSA) is 46.6 Å². The minimum absolute atomic E-state index is 0.0646. The molecule has 0 unspecified atom stereocenters. The first-order valence-electron chi connectivity index (χ1n) is 7.20. The summed E-state index contributed by atoms with van der Waals surface area (Å²) in [5.74, 6) is 0.861. The molecule has 0 fully saturated rings. The molecule has 0 atom stereocenters. The Kier molecular flexibility index (Phi) is 6.04. The minimum Gasteiger partial charge on any atom is -0.497 e. The Labute approximate surface area is 142 Å². The van der Waals surface area contributed by atoms with Gasteiger partial charge in [0, 0.05) is 18.1 Å². The van der Waals surface area contributed by atoms with Crippen molar-refractivity contribution in [3.8, 4) is 5.75 Å². The number of methoxy groups -OCH3 is 1. The van der Waals surface area contributed by atoms with Crippen molar-refractivity contribution in [3.63, 3.8) is 0 Å². The molecule has 0 aliphatic carbocycles. The van der Waals surface area contributed by atoms with Gasteiger partial charge in [-0.25, -0.2) is 8.42 Å². The molecular formula is C17H20ClNO3S. The Morgan fingerprint density at radius 2 is 1.83 bits per heavy atom. The second-order valence-corrected chi connectivity index (χ2v) is 7.91. The van der Waals surface area contributed by atoms with Crippen LogP contribution in [0.2, 0.25) is 5.02 Å². The highest BCUT2D eigenvalue weighted by Crippen LogP contribution is 2.16. The van der Waals surface area contributed by atoms with Gasteiger partial charge in [0.2, 0.25) is 0 Å². The number of sulfone groups is 1.